The van der Waals surface area contributed by atoms with Crippen molar-refractivity contribution in [3.63, 3.8) is 0 Å². The first-order valence-corrected chi connectivity index (χ1v) is 12.4. The second kappa shape index (κ2) is 13.0. The Morgan fingerprint density at radius 1 is 1.12 bits per heavy atom. The number of ether oxygens (including phenoxy) is 1. The van der Waals surface area contributed by atoms with E-state index in [0.29, 0.717) is 13.0 Å². The van der Waals surface area contributed by atoms with Crippen molar-refractivity contribution in [1.29, 1.82) is 0 Å². The van der Waals surface area contributed by atoms with E-state index in [1.54, 1.807) is 30.2 Å². The van der Waals surface area contributed by atoms with Crippen LogP contribution >= 0.6 is 35.5 Å². The van der Waals surface area contributed by atoms with E-state index in [-0.39, 0.29) is 18.3 Å². The number of hydrogen-bond donors (Lipinski definition) is 0. The molecule has 5 nitrogen and oxygen atoms in total. The molecule has 0 saturated carbocycles. The van der Waals surface area contributed by atoms with E-state index >= 15 is 0 Å². The normalized spacial score (nSPS) is 10.9. The lowest BCUT2D eigenvalue weighted by atomic mass is 10.2. The number of aryl methyl sites for hydroxylation is 1. The molecule has 0 aliphatic carbocycles. The van der Waals surface area contributed by atoms with Crippen molar-refractivity contribution in [2.45, 2.75) is 31.1 Å². The van der Waals surface area contributed by atoms with Gasteiger partial charge in [0.05, 0.1) is 17.3 Å². The molecule has 0 bridgehead atoms. The molecule has 0 unspecified atom stereocenters. The number of carbonyl (C=O) groups is 1. The zero-order chi connectivity index (χ0) is 22.2. The molecule has 0 saturated heterocycles. The molecular formula is C24H32ClN3O2S2. The lowest BCUT2D eigenvalue weighted by Gasteiger charge is -2.22. The lowest BCUT2D eigenvalue weighted by Crippen LogP contribution is -2.36. The van der Waals surface area contributed by atoms with Crippen molar-refractivity contribution in [2.75, 3.05) is 44.9 Å². The summed E-state index contributed by atoms with van der Waals surface area (Å²) < 4.78 is 6.35. The third kappa shape index (κ3) is 7.37. The molecule has 0 aliphatic rings. The summed E-state index contributed by atoms with van der Waals surface area (Å²) in [4.78, 5) is 23.0. The van der Waals surface area contributed by atoms with Gasteiger partial charge < -0.3 is 9.64 Å². The largest absolute Gasteiger partial charge is 0.497 e. The van der Waals surface area contributed by atoms with Crippen LogP contribution in [0.5, 0.6) is 5.75 Å². The van der Waals surface area contributed by atoms with Crippen LogP contribution < -0.4 is 9.64 Å². The number of nitrogens with zero attached hydrogens (tertiary/aromatic N) is 3. The first-order valence-electron chi connectivity index (χ1n) is 10.6. The molecule has 1 amide bonds. The van der Waals surface area contributed by atoms with Crippen LogP contribution in [0.2, 0.25) is 0 Å². The molecular weight excluding hydrogens is 462 g/mol. The van der Waals surface area contributed by atoms with E-state index in [1.807, 2.05) is 31.1 Å². The number of benzene rings is 2. The number of likely N-dealkylation sites (N-methyl/N-ethyl adjacent to an activating group) is 1. The topological polar surface area (TPSA) is 45.7 Å². The van der Waals surface area contributed by atoms with Crippen molar-refractivity contribution in [2.24, 2.45) is 0 Å². The molecule has 1 aromatic heterocycles. The molecule has 2 aromatic carbocycles. The van der Waals surface area contributed by atoms with E-state index in [2.05, 4.69) is 42.2 Å². The Bertz CT molecular complexity index is 993. The highest BCUT2D eigenvalue weighted by Crippen LogP contribution is 2.30. The number of halogens is 1. The number of fused-ring (bicyclic) bond motifs is 1. The van der Waals surface area contributed by atoms with Crippen molar-refractivity contribution >= 4 is 56.8 Å². The van der Waals surface area contributed by atoms with Gasteiger partial charge in [-0.05, 0) is 74.7 Å². The van der Waals surface area contributed by atoms with Crippen molar-refractivity contribution in [1.82, 2.24) is 9.88 Å². The summed E-state index contributed by atoms with van der Waals surface area (Å²) >= 11 is 3.38. The van der Waals surface area contributed by atoms with Gasteiger partial charge in [0.2, 0.25) is 5.91 Å². The predicted octanol–water partition coefficient (Wildman–Crippen LogP) is 5.76. The van der Waals surface area contributed by atoms with Crippen LogP contribution in [-0.4, -0.2) is 55.8 Å². The second-order valence-corrected chi connectivity index (χ2v) is 9.81. The third-order valence-corrected chi connectivity index (χ3v) is 7.16. The van der Waals surface area contributed by atoms with E-state index in [4.69, 9.17) is 9.72 Å². The van der Waals surface area contributed by atoms with Crippen LogP contribution in [0.1, 0.15) is 25.3 Å². The number of rotatable bonds is 11. The molecule has 8 heteroatoms. The SMILES string of the molecule is CCc1ccc2nc(N(CCN(C)C)C(=O)CCCSc3ccc(OC)cc3)sc2c1.Cl. The van der Waals surface area contributed by atoms with Gasteiger partial charge in [0.25, 0.3) is 0 Å². The highest BCUT2D eigenvalue weighted by atomic mass is 35.5. The maximum absolute atomic E-state index is 13.1. The van der Waals surface area contributed by atoms with Gasteiger partial charge in [0.1, 0.15) is 5.75 Å². The zero-order valence-electron chi connectivity index (χ0n) is 19.2. The number of carbonyl (C=O) groups excluding carboxylic acids is 1. The molecule has 32 heavy (non-hydrogen) atoms. The summed E-state index contributed by atoms with van der Waals surface area (Å²) in [5.74, 6) is 1.91. The highest BCUT2D eigenvalue weighted by Gasteiger charge is 2.19. The first kappa shape index (κ1) is 26.5. The zero-order valence-corrected chi connectivity index (χ0v) is 21.6. The Morgan fingerprint density at radius 3 is 2.53 bits per heavy atom. The molecule has 174 valence electrons. The molecule has 0 fully saturated rings. The molecule has 0 aliphatic heterocycles. The average Bonchev–Trinajstić information content (AvgIpc) is 3.19. The van der Waals surface area contributed by atoms with E-state index in [1.165, 1.54) is 10.5 Å². The fourth-order valence-electron chi connectivity index (χ4n) is 3.14. The molecule has 3 rings (SSSR count). The van der Waals surface area contributed by atoms with E-state index in [0.717, 1.165) is 46.2 Å². The number of aromatic nitrogens is 1. The monoisotopic (exact) mass is 493 g/mol. The Labute approximate surface area is 205 Å². The van der Waals surface area contributed by atoms with Crippen LogP contribution in [0.15, 0.2) is 47.4 Å². The van der Waals surface area contributed by atoms with Crippen LogP contribution in [0.3, 0.4) is 0 Å². The first-order chi connectivity index (χ1) is 15.0. The van der Waals surface area contributed by atoms with Crippen LogP contribution in [-0.2, 0) is 11.2 Å². The smallest absolute Gasteiger partial charge is 0.228 e. The molecule has 0 N–H and O–H groups in total. The number of amides is 1. The summed E-state index contributed by atoms with van der Waals surface area (Å²) in [5.41, 5.74) is 2.26. The standard InChI is InChI=1S/C24H31N3O2S2.ClH/c1-5-18-8-13-21-22(17-18)31-24(25-21)27(15-14-26(2)3)23(28)7-6-16-30-20-11-9-19(29-4)10-12-20;/h8-13,17H,5-7,14-16H2,1-4H3;1H. The lowest BCUT2D eigenvalue weighted by molar-refractivity contribution is -0.118. The summed E-state index contributed by atoms with van der Waals surface area (Å²) in [6, 6.07) is 14.4. The third-order valence-electron chi connectivity index (χ3n) is 5.02. The molecule has 0 radical (unpaired) electrons. The van der Waals surface area contributed by atoms with Crippen molar-refractivity contribution in [3.05, 3.63) is 48.0 Å². The van der Waals surface area contributed by atoms with E-state index < -0.39 is 0 Å². The van der Waals surface area contributed by atoms with Crippen molar-refractivity contribution < 1.29 is 9.53 Å². The minimum atomic E-state index is 0. The highest BCUT2D eigenvalue weighted by molar-refractivity contribution is 7.99. The summed E-state index contributed by atoms with van der Waals surface area (Å²) in [7, 11) is 5.73. The molecule has 0 spiro atoms. The van der Waals surface area contributed by atoms with Gasteiger partial charge in [-0.2, -0.15) is 0 Å². The minimum absolute atomic E-state index is 0. The van der Waals surface area contributed by atoms with Gasteiger partial charge in [-0.25, -0.2) is 4.98 Å². The summed E-state index contributed by atoms with van der Waals surface area (Å²) in [6.07, 6.45) is 2.35. The number of thiazole rings is 1. The Morgan fingerprint density at radius 2 is 1.88 bits per heavy atom. The Hall–Kier alpha value is -1.80. The summed E-state index contributed by atoms with van der Waals surface area (Å²) in [6.45, 7) is 3.61. The fraction of sp³-hybridized carbons (Fsp3) is 0.417. The maximum atomic E-state index is 13.1. The van der Waals surface area contributed by atoms with Gasteiger partial charge >= 0.3 is 0 Å². The molecule has 3 aromatic rings. The van der Waals surface area contributed by atoms with Crippen LogP contribution in [0.25, 0.3) is 10.2 Å². The Kier molecular flexibility index (Phi) is 10.8. The second-order valence-electron chi connectivity index (χ2n) is 7.63. The quantitative estimate of drug-likeness (QED) is 0.251. The molecule has 1 heterocycles. The number of thioether (sulfide) groups is 1. The number of methoxy groups -OCH3 is 1. The minimum Gasteiger partial charge on any atom is -0.497 e. The molecule has 0 atom stereocenters. The fourth-order valence-corrected chi connectivity index (χ4v) is 5.07. The summed E-state index contributed by atoms with van der Waals surface area (Å²) in [5, 5.41) is 0.804. The van der Waals surface area contributed by atoms with Crippen molar-refractivity contribution in [3.8, 4) is 5.75 Å². The van der Waals surface area contributed by atoms with Gasteiger partial charge in [0.15, 0.2) is 5.13 Å². The van der Waals surface area contributed by atoms with E-state index in [9.17, 15) is 4.79 Å². The van der Waals surface area contributed by atoms with Gasteiger partial charge in [-0.3, -0.25) is 9.69 Å². The van der Waals surface area contributed by atoms with Crippen LogP contribution in [0.4, 0.5) is 5.13 Å². The van der Waals surface area contributed by atoms with Gasteiger partial charge in [0, 0.05) is 24.4 Å². The Balaban J connectivity index is 0.00000363. The van der Waals surface area contributed by atoms with Gasteiger partial charge in [-0.15, -0.1) is 24.2 Å². The van der Waals surface area contributed by atoms with Gasteiger partial charge in [-0.1, -0.05) is 24.3 Å². The average molecular weight is 494 g/mol. The maximum Gasteiger partial charge on any atom is 0.228 e. The van der Waals surface area contributed by atoms with Crippen LogP contribution in [0, 0.1) is 0 Å². The predicted molar refractivity (Wildman–Crippen MR) is 140 cm³/mol. The number of hydrogen-bond acceptors (Lipinski definition) is 6. The number of anilines is 1.